The van der Waals surface area contributed by atoms with E-state index >= 15 is 0 Å². The zero-order chi connectivity index (χ0) is 38.4. The van der Waals surface area contributed by atoms with E-state index in [0.717, 1.165) is 0 Å². The lowest BCUT2D eigenvalue weighted by Crippen LogP contribution is -2.65. The van der Waals surface area contributed by atoms with E-state index in [1.165, 1.54) is 20.1 Å². The Kier molecular flexibility index (Phi) is 15.7. The number of hydrogen-bond acceptors (Lipinski definition) is 14. The molecule has 3 aliphatic rings. The molecule has 292 valence electrons. The fraction of sp³-hybridized carbons (Fsp3) is 0.806. The number of nitrogens with zero attached hydrogens (tertiary/aromatic N) is 1. The number of rotatable bonds is 8. The SMILES string of the molecule is CO[C@@H]1[C@@H](O[C@@H]2O[C@H](C)C(O[C@H]3CC(C)(O)[C@@H](O)C(C)O3)C(N(C)C)C2O)[C@@H](CC(=O)O)C[C@@H](C)C(=O)/C=C/C=C/[C@H](C)[C@@H](C)OC(=O)C[C@H]1O. The maximum Gasteiger partial charge on any atom is 0.308 e. The Morgan fingerprint density at radius 3 is 2.22 bits per heavy atom. The number of likely N-dealkylation sites (N-methyl/N-ethyl adjacent to an activating group) is 1. The van der Waals surface area contributed by atoms with Gasteiger partial charge in [-0.25, -0.2) is 0 Å². The molecule has 3 aliphatic heterocycles. The first-order chi connectivity index (χ1) is 23.8. The van der Waals surface area contributed by atoms with Crippen LogP contribution in [0.15, 0.2) is 24.3 Å². The van der Waals surface area contributed by atoms with E-state index in [4.69, 9.17) is 28.4 Å². The number of aliphatic hydroxyl groups is 4. The Labute approximate surface area is 300 Å². The molecule has 0 aliphatic carbocycles. The molecule has 0 spiro atoms. The average Bonchev–Trinajstić information content (AvgIpc) is 3.02. The van der Waals surface area contributed by atoms with Gasteiger partial charge in [0.15, 0.2) is 18.4 Å². The molecule has 0 radical (unpaired) electrons. The van der Waals surface area contributed by atoms with Crippen LogP contribution in [0.2, 0.25) is 0 Å². The Balaban J connectivity index is 1.99. The second kappa shape index (κ2) is 18.6. The number of cyclic esters (lactones) is 1. The fourth-order valence-corrected chi connectivity index (χ4v) is 7.10. The highest BCUT2D eigenvalue weighted by atomic mass is 16.7. The van der Waals surface area contributed by atoms with Gasteiger partial charge >= 0.3 is 11.9 Å². The van der Waals surface area contributed by atoms with Crippen LogP contribution in [0, 0.1) is 17.8 Å². The predicted molar refractivity (Wildman–Crippen MR) is 182 cm³/mol. The second-order valence-corrected chi connectivity index (χ2v) is 14.8. The van der Waals surface area contributed by atoms with Crippen LogP contribution in [0.1, 0.15) is 67.2 Å². The summed E-state index contributed by atoms with van der Waals surface area (Å²) in [6.07, 6.45) is -6.60. The highest BCUT2D eigenvalue weighted by Gasteiger charge is 2.52. The zero-order valence-electron chi connectivity index (χ0n) is 31.2. The lowest BCUT2D eigenvalue weighted by atomic mass is 9.82. The molecule has 15 nitrogen and oxygen atoms in total. The molecule has 0 aromatic heterocycles. The third-order valence-corrected chi connectivity index (χ3v) is 10.2. The van der Waals surface area contributed by atoms with Gasteiger partial charge in [0, 0.05) is 25.4 Å². The summed E-state index contributed by atoms with van der Waals surface area (Å²) in [6.45, 7) is 10.0. The average molecular weight is 730 g/mol. The minimum absolute atomic E-state index is 0.00147. The summed E-state index contributed by atoms with van der Waals surface area (Å²) in [5.41, 5.74) is -1.49. The standard InChI is InChI=1S/C36H59NO14/c1-18-12-10-11-13-24(38)19(2)14-23(15-26(40)41)32(33(46-9)25(39)16-27(42)47-20(18)3)51-35-30(43)29(37(7)8)31(21(4)49-35)50-28-17-36(6,45)34(44)22(5)48-28/h10-13,18-23,25,28-35,39,43-45H,14-17H2,1-9H3,(H,40,41)/b12-10+,13-11+/t18-,19+,20+,21+,22?,23+,25+,28-,29?,30?,31?,32-,33-,34-,35-,36?/m0/s1. The number of carboxylic acid groups (broad SMARTS) is 1. The van der Waals surface area contributed by atoms with Gasteiger partial charge in [-0.2, -0.15) is 0 Å². The normalized spacial score (nSPS) is 44.9. The van der Waals surface area contributed by atoms with E-state index in [1.807, 2.05) is 6.92 Å². The Hall–Kier alpha value is -2.31. The number of aliphatic carboxylic acids is 1. The van der Waals surface area contributed by atoms with Crippen molar-refractivity contribution in [2.24, 2.45) is 17.8 Å². The summed E-state index contributed by atoms with van der Waals surface area (Å²) in [6, 6.07) is -0.790. The van der Waals surface area contributed by atoms with Gasteiger partial charge in [-0.15, -0.1) is 0 Å². The van der Waals surface area contributed by atoms with Crippen molar-refractivity contribution in [2.75, 3.05) is 21.2 Å². The summed E-state index contributed by atoms with van der Waals surface area (Å²) in [5.74, 6) is -4.01. The van der Waals surface area contributed by atoms with Crippen molar-refractivity contribution < 1.29 is 68.3 Å². The van der Waals surface area contributed by atoms with Crippen LogP contribution >= 0.6 is 0 Å². The van der Waals surface area contributed by atoms with E-state index in [0.29, 0.717) is 0 Å². The molecule has 2 saturated heterocycles. The number of esters is 1. The van der Waals surface area contributed by atoms with E-state index < -0.39 is 116 Å². The molecule has 0 aromatic rings. The first-order valence-electron chi connectivity index (χ1n) is 17.6. The van der Waals surface area contributed by atoms with Gasteiger partial charge in [0.05, 0.1) is 48.9 Å². The molecule has 5 N–H and O–H groups in total. The van der Waals surface area contributed by atoms with E-state index in [2.05, 4.69) is 0 Å². The molecule has 5 unspecified atom stereocenters. The molecule has 3 heterocycles. The van der Waals surface area contributed by atoms with Gasteiger partial charge in [-0.1, -0.05) is 32.1 Å². The Bertz CT molecular complexity index is 1220. The van der Waals surface area contributed by atoms with Crippen LogP contribution in [0.5, 0.6) is 0 Å². The number of allylic oxidation sites excluding steroid dienone is 3. The third kappa shape index (κ3) is 11.3. The van der Waals surface area contributed by atoms with Crippen molar-refractivity contribution in [3.8, 4) is 0 Å². The summed E-state index contributed by atoms with van der Waals surface area (Å²) in [7, 11) is 4.71. The first kappa shape index (κ1) is 43.1. The van der Waals surface area contributed by atoms with Crippen molar-refractivity contribution in [2.45, 2.75) is 146 Å². The Morgan fingerprint density at radius 1 is 0.961 bits per heavy atom. The van der Waals surface area contributed by atoms with Crippen LogP contribution in [0.3, 0.4) is 0 Å². The molecule has 0 amide bonds. The number of methoxy groups -OCH3 is 1. The minimum Gasteiger partial charge on any atom is -0.481 e. The fourth-order valence-electron chi connectivity index (χ4n) is 7.10. The van der Waals surface area contributed by atoms with Crippen LogP contribution in [0.4, 0.5) is 0 Å². The highest BCUT2D eigenvalue weighted by Crippen LogP contribution is 2.36. The van der Waals surface area contributed by atoms with Crippen LogP contribution < -0.4 is 0 Å². The monoisotopic (exact) mass is 729 g/mol. The van der Waals surface area contributed by atoms with Crippen molar-refractivity contribution in [1.82, 2.24) is 4.90 Å². The lowest BCUT2D eigenvalue weighted by Gasteiger charge is -2.50. The minimum atomic E-state index is -1.53. The molecular formula is C36H59NO14. The number of ether oxygens (including phenoxy) is 6. The maximum atomic E-state index is 13.1. The largest absolute Gasteiger partial charge is 0.481 e. The van der Waals surface area contributed by atoms with Crippen LogP contribution in [-0.4, -0.2) is 149 Å². The molecular weight excluding hydrogens is 670 g/mol. The number of carbonyl (C=O) groups is 3. The summed E-state index contributed by atoms with van der Waals surface area (Å²) < 4.78 is 36.0. The molecule has 0 saturated carbocycles. The topological polar surface area (TPSA) is 211 Å². The first-order valence-corrected chi connectivity index (χ1v) is 17.6. The van der Waals surface area contributed by atoms with Crippen molar-refractivity contribution in [1.29, 1.82) is 0 Å². The second-order valence-electron chi connectivity index (χ2n) is 14.8. The predicted octanol–water partition coefficient (Wildman–Crippen LogP) is 1.19. The molecule has 0 aromatic carbocycles. The van der Waals surface area contributed by atoms with E-state index in [1.54, 1.807) is 64.9 Å². The summed E-state index contributed by atoms with van der Waals surface area (Å²) >= 11 is 0. The number of carboxylic acids is 1. The quantitative estimate of drug-likeness (QED) is 0.222. The van der Waals surface area contributed by atoms with Gasteiger partial charge in [0.1, 0.15) is 30.5 Å². The van der Waals surface area contributed by atoms with Gasteiger partial charge in [-0.05, 0) is 60.2 Å². The van der Waals surface area contributed by atoms with Gasteiger partial charge in [-0.3, -0.25) is 14.4 Å². The molecule has 3 rings (SSSR count). The Morgan fingerprint density at radius 2 is 1.63 bits per heavy atom. The van der Waals surface area contributed by atoms with Crippen molar-refractivity contribution >= 4 is 17.7 Å². The zero-order valence-corrected chi connectivity index (χ0v) is 31.2. The molecule has 2 fully saturated rings. The van der Waals surface area contributed by atoms with Crippen molar-refractivity contribution in [3.05, 3.63) is 24.3 Å². The van der Waals surface area contributed by atoms with Crippen LogP contribution in [-0.2, 0) is 42.8 Å². The number of hydrogen-bond donors (Lipinski definition) is 5. The van der Waals surface area contributed by atoms with Crippen molar-refractivity contribution in [3.63, 3.8) is 0 Å². The van der Waals surface area contributed by atoms with Gasteiger partial charge < -0.3 is 58.9 Å². The molecule has 15 heteroatoms. The number of carbonyl (C=O) groups excluding carboxylic acids is 2. The lowest BCUT2D eigenvalue weighted by molar-refractivity contribution is -0.344. The summed E-state index contributed by atoms with van der Waals surface area (Å²) in [4.78, 5) is 40.1. The number of ketones is 1. The highest BCUT2D eigenvalue weighted by molar-refractivity contribution is 5.91. The molecule has 0 bridgehead atoms. The van der Waals surface area contributed by atoms with E-state index in [9.17, 15) is 39.9 Å². The van der Waals surface area contributed by atoms with E-state index in [-0.39, 0.29) is 24.5 Å². The smallest absolute Gasteiger partial charge is 0.308 e. The molecule has 16 atom stereocenters. The molecule has 51 heavy (non-hydrogen) atoms. The third-order valence-electron chi connectivity index (χ3n) is 10.2. The summed E-state index contributed by atoms with van der Waals surface area (Å²) in [5, 5.41) is 54.3. The van der Waals surface area contributed by atoms with Gasteiger partial charge in [0.2, 0.25) is 0 Å². The van der Waals surface area contributed by atoms with Gasteiger partial charge in [0.25, 0.3) is 0 Å². The number of aliphatic hydroxyl groups excluding tert-OH is 3. The van der Waals surface area contributed by atoms with Crippen LogP contribution in [0.25, 0.3) is 0 Å². The maximum absolute atomic E-state index is 13.1.